The van der Waals surface area contributed by atoms with Crippen LogP contribution in [0.1, 0.15) is 31.9 Å². The molecule has 1 atom stereocenters. The maximum Gasteiger partial charge on any atom is 0.173 e. The zero-order chi connectivity index (χ0) is 14.1. The van der Waals surface area contributed by atoms with Gasteiger partial charge in [0.05, 0.1) is 5.75 Å². The Hall–Kier alpha value is -1.13. The zero-order valence-corrected chi connectivity index (χ0v) is 12.5. The number of sulfone groups is 1. The minimum atomic E-state index is -2.97. The number of benzene rings is 1. The molecule has 0 aliphatic carbocycles. The minimum absolute atomic E-state index is 0.0627. The molecule has 2 rings (SSSR count). The van der Waals surface area contributed by atoms with Crippen LogP contribution in [0.4, 0.5) is 0 Å². The van der Waals surface area contributed by atoms with Gasteiger partial charge in [0.1, 0.15) is 0 Å². The summed E-state index contributed by atoms with van der Waals surface area (Å²) in [6, 6.07) is 8.41. The van der Waals surface area contributed by atoms with Crippen LogP contribution < -0.4 is 5.32 Å². The summed E-state index contributed by atoms with van der Waals surface area (Å²) in [7, 11) is -2.97. The molecular weight excluding hydrogens is 258 g/mol. The topological polar surface area (TPSA) is 46.2 Å². The summed E-state index contributed by atoms with van der Waals surface area (Å²) < 4.78 is 22.6. The average Bonchev–Trinajstić information content (AvgIpc) is 2.66. The molecule has 0 radical (unpaired) electrons. The zero-order valence-electron chi connectivity index (χ0n) is 11.7. The molecule has 0 bridgehead atoms. The average molecular weight is 279 g/mol. The maximum atomic E-state index is 11.3. The lowest BCUT2D eigenvalue weighted by Gasteiger charge is -2.19. The Balaban J connectivity index is 1.93. The summed E-state index contributed by atoms with van der Waals surface area (Å²) in [6.07, 6.45) is 1.72. The Kier molecular flexibility index (Phi) is 3.83. The number of nitrogens with one attached hydrogen (secondary N) is 1. The Morgan fingerprint density at radius 1 is 1.21 bits per heavy atom. The lowest BCUT2D eigenvalue weighted by Crippen LogP contribution is -2.29. The molecule has 0 saturated carbocycles. The highest BCUT2D eigenvalue weighted by Gasteiger charge is 2.20. The first-order valence-electron chi connectivity index (χ1n) is 6.50. The van der Waals surface area contributed by atoms with Gasteiger partial charge in [0.25, 0.3) is 0 Å². The Bertz CT molecular complexity index is 565. The predicted octanol–water partition coefficient (Wildman–Crippen LogP) is 2.38. The summed E-state index contributed by atoms with van der Waals surface area (Å²) in [5.74, 6) is 0.174. The van der Waals surface area contributed by atoms with Gasteiger partial charge >= 0.3 is 0 Å². The molecule has 1 unspecified atom stereocenters. The van der Waals surface area contributed by atoms with Crippen molar-refractivity contribution in [1.29, 1.82) is 0 Å². The molecule has 1 N–H and O–H groups in total. The van der Waals surface area contributed by atoms with Crippen LogP contribution in [0.15, 0.2) is 35.7 Å². The first-order chi connectivity index (χ1) is 8.76. The van der Waals surface area contributed by atoms with Crippen molar-refractivity contribution < 1.29 is 8.42 Å². The molecule has 4 heteroatoms. The van der Waals surface area contributed by atoms with E-state index in [2.05, 4.69) is 50.4 Å². The Morgan fingerprint density at radius 2 is 1.84 bits per heavy atom. The number of rotatable bonds is 3. The van der Waals surface area contributed by atoms with Crippen molar-refractivity contribution in [3.63, 3.8) is 0 Å². The van der Waals surface area contributed by atoms with E-state index in [1.54, 1.807) is 6.08 Å². The third-order valence-electron chi connectivity index (χ3n) is 3.32. The van der Waals surface area contributed by atoms with Crippen molar-refractivity contribution in [1.82, 2.24) is 5.32 Å². The fraction of sp³-hybridized carbons (Fsp3) is 0.467. The highest BCUT2D eigenvalue weighted by atomic mass is 32.2. The summed E-state index contributed by atoms with van der Waals surface area (Å²) in [6.45, 7) is 7.26. The van der Waals surface area contributed by atoms with Crippen molar-refractivity contribution in [2.24, 2.45) is 0 Å². The fourth-order valence-electron chi connectivity index (χ4n) is 2.07. The van der Waals surface area contributed by atoms with Crippen LogP contribution in [0, 0.1) is 0 Å². The van der Waals surface area contributed by atoms with Crippen molar-refractivity contribution >= 4 is 9.84 Å². The molecule has 0 amide bonds. The number of hydrogen-bond acceptors (Lipinski definition) is 3. The third kappa shape index (κ3) is 3.91. The Labute approximate surface area is 115 Å². The summed E-state index contributed by atoms with van der Waals surface area (Å²) in [4.78, 5) is 0. The second-order valence-electron chi connectivity index (χ2n) is 6.09. The predicted molar refractivity (Wildman–Crippen MR) is 78.7 cm³/mol. The van der Waals surface area contributed by atoms with E-state index in [0.717, 1.165) is 0 Å². The quantitative estimate of drug-likeness (QED) is 0.924. The third-order valence-corrected chi connectivity index (χ3v) is 4.71. The van der Waals surface area contributed by atoms with Gasteiger partial charge in [-0.05, 0) is 16.5 Å². The van der Waals surface area contributed by atoms with E-state index < -0.39 is 9.84 Å². The van der Waals surface area contributed by atoms with E-state index >= 15 is 0 Å². The van der Waals surface area contributed by atoms with E-state index in [4.69, 9.17) is 0 Å². The van der Waals surface area contributed by atoms with Gasteiger partial charge in [0, 0.05) is 18.0 Å². The Morgan fingerprint density at radius 3 is 2.32 bits per heavy atom. The van der Waals surface area contributed by atoms with Crippen LogP contribution in [0.5, 0.6) is 0 Å². The van der Waals surface area contributed by atoms with E-state index in [1.807, 2.05) is 0 Å². The van der Waals surface area contributed by atoms with Gasteiger partial charge < -0.3 is 5.32 Å². The molecule has 1 aliphatic heterocycles. The molecule has 1 aromatic carbocycles. The van der Waals surface area contributed by atoms with Crippen LogP contribution in [-0.4, -0.2) is 20.2 Å². The molecule has 104 valence electrons. The fourth-order valence-corrected chi connectivity index (χ4v) is 3.34. The molecule has 0 spiro atoms. The normalized spacial score (nSPS) is 21.7. The van der Waals surface area contributed by atoms with Crippen LogP contribution >= 0.6 is 0 Å². The molecule has 3 nitrogen and oxygen atoms in total. The van der Waals surface area contributed by atoms with Crippen molar-refractivity contribution in [2.75, 3.05) is 5.75 Å². The molecule has 0 fully saturated rings. The SMILES string of the molecule is CC(C)(C)c1ccc(CNC2C=CS(=O)(=O)C2)cc1. The van der Waals surface area contributed by atoms with Crippen molar-refractivity contribution in [2.45, 2.75) is 38.8 Å². The van der Waals surface area contributed by atoms with Crippen LogP contribution in [0.25, 0.3) is 0 Å². The first-order valence-corrected chi connectivity index (χ1v) is 8.22. The van der Waals surface area contributed by atoms with E-state index in [0.29, 0.717) is 6.54 Å². The molecule has 1 aliphatic rings. The van der Waals surface area contributed by atoms with Gasteiger partial charge in [-0.3, -0.25) is 0 Å². The smallest absolute Gasteiger partial charge is 0.173 e. The summed E-state index contributed by atoms with van der Waals surface area (Å²) in [5.41, 5.74) is 2.64. The second-order valence-corrected chi connectivity index (χ2v) is 8.02. The van der Waals surface area contributed by atoms with Gasteiger partial charge in [-0.2, -0.15) is 0 Å². The molecule has 1 heterocycles. The highest BCUT2D eigenvalue weighted by Crippen LogP contribution is 2.22. The molecule has 0 aromatic heterocycles. The first kappa shape index (κ1) is 14.3. The summed E-state index contributed by atoms with van der Waals surface area (Å²) in [5, 5.41) is 4.54. The molecule has 1 aromatic rings. The molecule has 19 heavy (non-hydrogen) atoms. The lowest BCUT2D eigenvalue weighted by molar-refractivity contribution is 0.585. The van der Waals surface area contributed by atoms with Crippen LogP contribution in [-0.2, 0) is 21.8 Å². The molecular formula is C15H21NO2S. The van der Waals surface area contributed by atoms with Gasteiger partial charge in [-0.25, -0.2) is 8.42 Å². The number of hydrogen-bond donors (Lipinski definition) is 1. The monoisotopic (exact) mass is 279 g/mol. The van der Waals surface area contributed by atoms with Crippen molar-refractivity contribution in [3.8, 4) is 0 Å². The molecule has 0 saturated heterocycles. The van der Waals surface area contributed by atoms with Crippen molar-refractivity contribution in [3.05, 3.63) is 46.9 Å². The van der Waals surface area contributed by atoms with Gasteiger partial charge in [-0.1, -0.05) is 51.1 Å². The van der Waals surface area contributed by atoms with E-state index in [9.17, 15) is 8.42 Å². The van der Waals surface area contributed by atoms with E-state index in [1.165, 1.54) is 16.5 Å². The maximum absolute atomic E-state index is 11.3. The second kappa shape index (κ2) is 5.10. The van der Waals surface area contributed by atoms with E-state index in [-0.39, 0.29) is 17.2 Å². The highest BCUT2D eigenvalue weighted by molar-refractivity contribution is 7.94. The van der Waals surface area contributed by atoms with Crippen LogP contribution in [0.2, 0.25) is 0 Å². The van der Waals surface area contributed by atoms with Gasteiger partial charge in [0.2, 0.25) is 0 Å². The standard InChI is InChI=1S/C15H21NO2S/c1-15(2,3)13-6-4-12(5-7-13)10-16-14-8-9-19(17,18)11-14/h4-9,14,16H,10-11H2,1-3H3. The minimum Gasteiger partial charge on any atom is -0.305 e. The van der Waals surface area contributed by atoms with Gasteiger partial charge in [0.15, 0.2) is 9.84 Å². The summed E-state index contributed by atoms with van der Waals surface area (Å²) >= 11 is 0. The lowest BCUT2D eigenvalue weighted by atomic mass is 9.87. The van der Waals surface area contributed by atoms with Crippen LogP contribution in [0.3, 0.4) is 0 Å². The van der Waals surface area contributed by atoms with Gasteiger partial charge in [-0.15, -0.1) is 0 Å². The largest absolute Gasteiger partial charge is 0.305 e.